The van der Waals surface area contributed by atoms with Crippen LogP contribution in [0.2, 0.25) is 0 Å². The Morgan fingerprint density at radius 3 is 2.12 bits per heavy atom. The molecule has 0 spiro atoms. The molecule has 0 radical (unpaired) electrons. The Bertz CT molecular complexity index is 1420. The van der Waals surface area contributed by atoms with Crippen molar-refractivity contribution in [2.75, 3.05) is 17.5 Å². The summed E-state index contributed by atoms with van der Waals surface area (Å²) in [5.74, 6) is -0.985. The van der Waals surface area contributed by atoms with Gasteiger partial charge in [-0.25, -0.2) is 12.8 Å². The lowest BCUT2D eigenvalue weighted by Crippen LogP contribution is -2.52. The number of nitrogens with one attached hydrogen (secondary N) is 1. The smallest absolute Gasteiger partial charge is 0.264 e. The second-order valence-electron chi connectivity index (χ2n) is 9.53. The van der Waals surface area contributed by atoms with Crippen molar-refractivity contribution in [2.24, 2.45) is 0 Å². The molecular formula is C30H35BrFN3O5S. The predicted octanol–water partition coefficient (Wildman–Crippen LogP) is 5.51. The number of hydrogen-bond acceptors (Lipinski definition) is 5. The van der Waals surface area contributed by atoms with E-state index in [1.807, 2.05) is 45.0 Å². The van der Waals surface area contributed by atoms with Gasteiger partial charge in [-0.05, 0) is 93.4 Å². The molecule has 2 amide bonds. The third-order valence-corrected chi connectivity index (χ3v) is 8.87. The van der Waals surface area contributed by atoms with E-state index in [1.165, 1.54) is 17.0 Å². The second kappa shape index (κ2) is 14.5. The van der Waals surface area contributed by atoms with Crippen molar-refractivity contribution in [2.45, 2.75) is 57.6 Å². The van der Waals surface area contributed by atoms with Crippen LogP contribution in [0.4, 0.5) is 10.1 Å². The molecule has 220 valence electrons. The Balaban J connectivity index is 2.02. The first kappa shape index (κ1) is 32.1. The Kier molecular flexibility index (Phi) is 11.3. The number of sulfonamides is 1. The van der Waals surface area contributed by atoms with Crippen molar-refractivity contribution in [1.29, 1.82) is 0 Å². The molecule has 0 saturated carbocycles. The van der Waals surface area contributed by atoms with Crippen molar-refractivity contribution >= 4 is 43.5 Å². The van der Waals surface area contributed by atoms with Gasteiger partial charge in [0.15, 0.2) is 0 Å². The summed E-state index contributed by atoms with van der Waals surface area (Å²) in [6.45, 7) is 7.17. The molecule has 0 bridgehead atoms. The number of carbonyl (C=O) groups excluding carboxylic acids is 2. The number of rotatable bonds is 13. The standard InChI is InChI=1S/C30H35BrFN3O5S/c1-5-21(3)33-30(37)22(4)34(19-23-7-9-24(31)10-8-23)29(36)20-35(26-13-15-27(16-14-26)40-6-2)41(38,39)28-17-11-25(32)12-18-28/h7-18,21-22H,5-6,19-20H2,1-4H3,(H,33,37)/t21-,22-/m0/s1. The summed E-state index contributed by atoms with van der Waals surface area (Å²) in [7, 11) is -4.30. The quantitative estimate of drug-likeness (QED) is 0.264. The van der Waals surface area contributed by atoms with Crippen LogP contribution >= 0.6 is 15.9 Å². The Labute approximate surface area is 249 Å². The third-order valence-electron chi connectivity index (χ3n) is 6.55. The average Bonchev–Trinajstić information content (AvgIpc) is 2.95. The molecule has 0 aliphatic rings. The van der Waals surface area contributed by atoms with Gasteiger partial charge in [0.1, 0.15) is 24.2 Å². The Hall–Kier alpha value is -3.44. The molecule has 2 atom stereocenters. The summed E-state index contributed by atoms with van der Waals surface area (Å²) in [4.78, 5) is 28.2. The molecule has 0 aliphatic carbocycles. The van der Waals surface area contributed by atoms with Crippen LogP contribution in [0.25, 0.3) is 0 Å². The highest BCUT2D eigenvalue weighted by Gasteiger charge is 2.33. The lowest BCUT2D eigenvalue weighted by atomic mass is 10.1. The number of hydrogen-bond donors (Lipinski definition) is 1. The summed E-state index contributed by atoms with van der Waals surface area (Å²) >= 11 is 3.40. The van der Waals surface area contributed by atoms with Gasteiger partial charge in [0, 0.05) is 17.1 Å². The first-order valence-electron chi connectivity index (χ1n) is 13.3. The number of ether oxygens (including phenoxy) is 1. The summed E-state index contributed by atoms with van der Waals surface area (Å²) in [6.07, 6.45) is 0.709. The third kappa shape index (κ3) is 8.53. The minimum atomic E-state index is -4.30. The monoisotopic (exact) mass is 647 g/mol. The van der Waals surface area contributed by atoms with E-state index >= 15 is 0 Å². The van der Waals surface area contributed by atoms with E-state index in [0.29, 0.717) is 18.8 Å². The number of nitrogens with zero attached hydrogens (tertiary/aromatic N) is 2. The maximum Gasteiger partial charge on any atom is 0.264 e. The number of amides is 2. The first-order valence-corrected chi connectivity index (χ1v) is 15.5. The van der Waals surface area contributed by atoms with Crippen molar-refractivity contribution in [3.63, 3.8) is 0 Å². The number of benzene rings is 3. The molecule has 41 heavy (non-hydrogen) atoms. The van der Waals surface area contributed by atoms with Gasteiger partial charge in [-0.3, -0.25) is 13.9 Å². The van der Waals surface area contributed by atoms with E-state index in [2.05, 4.69) is 21.2 Å². The molecule has 0 heterocycles. The SMILES string of the molecule is CCOc1ccc(N(CC(=O)N(Cc2ccc(Br)cc2)[C@@H](C)C(=O)N[C@@H](C)CC)S(=O)(=O)c2ccc(F)cc2)cc1. The minimum absolute atomic E-state index is 0.0783. The van der Waals surface area contributed by atoms with Gasteiger partial charge < -0.3 is 15.0 Å². The Morgan fingerprint density at radius 1 is 0.951 bits per heavy atom. The van der Waals surface area contributed by atoms with Crippen molar-refractivity contribution in [3.8, 4) is 5.75 Å². The molecule has 0 aliphatic heterocycles. The minimum Gasteiger partial charge on any atom is -0.494 e. The van der Waals surface area contributed by atoms with Gasteiger partial charge in [-0.15, -0.1) is 0 Å². The molecule has 1 N–H and O–H groups in total. The van der Waals surface area contributed by atoms with E-state index < -0.39 is 34.3 Å². The highest BCUT2D eigenvalue weighted by molar-refractivity contribution is 9.10. The van der Waals surface area contributed by atoms with E-state index in [9.17, 15) is 22.4 Å². The lowest BCUT2D eigenvalue weighted by molar-refractivity contribution is -0.139. The number of carbonyl (C=O) groups is 2. The van der Waals surface area contributed by atoms with Crippen LogP contribution in [0.5, 0.6) is 5.75 Å². The van der Waals surface area contributed by atoms with Crippen molar-refractivity contribution in [3.05, 3.63) is 88.6 Å². The van der Waals surface area contributed by atoms with Gasteiger partial charge in [0.25, 0.3) is 10.0 Å². The zero-order valence-corrected chi connectivity index (χ0v) is 25.9. The summed E-state index contributed by atoms with van der Waals surface area (Å²) < 4.78 is 48.6. The van der Waals surface area contributed by atoms with Crippen molar-refractivity contribution < 1.29 is 27.1 Å². The van der Waals surface area contributed by atoms with E-state index in [1.54, 1.807) is 19.1 Å². The zero-order valence-electron chi connectivity index (χ0n) is 23.5. The van der Waals surface area contributed by atoms with Gasteiger partial charge in [0.2, 0.25) is 11.8 Å². The summed E-state index contributed by atoms with van der Waals surface area (Å²) in [5.41, 5.74) is 0.977. The summed E-state index contributed by atoms with van der Waals surface area (Å²) in [5, 5.41) is 2.90. The van der Waals surface area contributed by atoms with Crippen LogP contribution in [-0.2, 0) is 26.2 Å². The second-order valence-corrected chi connectivity index (χ2v) is 12.3. The van der Waals surface area contributed by atoms with Gasteiger partial charge in [0.05, 0.1) is 17.2 Å². The molecule has 0 aromatic heterocycles. The van der Waals surface area contributed by atoms with Gasteiger partial charge in [-0.2, -0.15) is 0 Å². The zero-order chi connectivity index (χ0) is 30.2. The van der Waals surface area contributed by atoms with Crippen LogP contribution in [0, 0.1) is 5.82 Å². The maximum absolute atomic E-state index is 13.9. The van der Waals surface area contributed by atoms with Crippen LogP contribution in [0.3, 0.4) is 0 Å². The topological polar surface area (TPSA) is 96.0 Å². The fourth-order valence-corrected chi connectivity index (χ4v) is 5.65. The predicted molar refractivity (Wildman–Crippen MR) is 161 cm³/mol. The molecular weight excluding hydrogens is 613 g/mol. The highest BCUT2D eigenvalue weighted by Crippen LogP contribution is 2.27. The van der Waals surface area contributed by atoms with Crippen LogP contribution in [0.15, 0.2) is 82.2 Å². The summed E-state index contributed by atoms with van der Waals surface area (Å²) in [6, 6.07) is 17.0. The van der Waals surface area contributed by atoms with E-state index in [4.69, 9.17) is 4.74 Å². The number of anilines is 1. The largest absolute Gasteiger partial charge is 0.494 e. The number of halogens is 2. The van der Waals surface area contributed by atoms with Gasteiger partial charge >= 0.3 is 0 Å². The molecule has 11 heteroatoms. The van der Waals surface area contributed by atoms with E-state index in [-0.39, 0.29) is 29.1 Å². The average molecular weight is 649 g/mol. The fourth-order valence-electron chi connectivity index (χ4n) is 3.97. The van der Waals surface area contributed by atoms with Crippen LogP contribution in [0.1, 0.15) is 39.7 Å². The molecule has 0 saturated heterocycles. The van der Waals surface area contributed by atoms with Crippen molar-refractivity contribution in [1.82, 2.24) is 10.2 Å². The van der Waals surface area contributed by atoms with Crippen LogP contribution < -0.4 is 14.4 Å². The molecule has 3 aromatic carbocycles. The first-order chi connectivity index (χ1) is 19.5. The van der Waals surface area contributed by atoms with Crippen LogP contribution in [-0.4, -0.2) is 50.4 Å². The lowest BCUT2D eigenvalue weighted by Gasteiger charge is -2.32. The Morgan fingerprint density at radius 2 is 1.56 bits per heavy atom. The molecule has 0 unspecified atom stereocenters. The highest BCUT2D eigenvalue weighted by atomic mass is 79.9. The van der Waals surface area contributed by atoms with Gasteiger partial charge in [-0.1, -0.05) is 35.0 Å². The molecule has 0 fully saturated rings. The molecule has 3 aromatic rings. The molecule has 8 nitrogen and oxygen atoms in total. The fraction of sp³-hybridized carbons (Fsp3) is 0.333. The normalized spacial score (nSPS) is 12.7. The molecule has 3 rings (SSSR count). The van der Waals surface area contributed by atoms with E-state index in [0.717, 1.165) is 38.6 Å². The maximum atomic E-state index is 13.9.